The summed E-state index contributed by atoms with van der Waals surface area (Å²) >= 11 is 0. The van der Waals surface area contributed by atoms with Gasteiger partial charge >= 0.3 is 12.0 Å². The van der Waals surface area contributed by atoms with Crippen LogP contribution in [0.1, 0.15) is 13.8 Å². The lowest BCUT2D eigenvalue weighted by Crippen LogP contribution is -2.47. The molecule has 7 nitrogen and oxygen atoms in total. The van der Waals surface area contributed by atoms with Gasteiger partial charge in [0.25, 0.3) is 0 Å². The first-order valence-corrected chi connectivity index (χ1v) is 6.19. The molecule has 1 atom stereocenters. The molecule has 112 valence electrons. The standard InChI is InChI=1S/C12H24N2O5/c1-9(2)8-14(5-6-18-3)12(17)13-7-10(19-4)11(15)16/h9-10H,5-8H2,1-4H3,(H,13,17)(H,15,16). The van der Waals surface area contributed by atoms with Crippen molar-refractivity contribution in [2.45, 2.75) is 20.0 Å². The van der Waals surface area contributed by atoms with Crippen molar-refractivity contribution >= 4 is 12.0 Å². The third-order valence-electron chi connectivity index (χ3n) is 2.44. The summed E-state index contributed by atoms with van der Waals surface area (Å²) in [6.07, 6.45) is -1.03. The number of nitrogens with zero attached hydrogens (tertiary/aromatic N) is 1. The first-order valence-electron chi connectivity index (χ1n) is 6.19. The van der Waals surface area contributed by atoms with Gasteiger partial charge in [0.15, 0.2) is 6.10 Å². The van der Waals surface area contributed by atoms with Crippen LogP contribution < -0.4 is 5.32 Å². The molecule has 1 unspecified atom stereocenters. The number of hydrogen-bond donors (Lipinski definition) is 2. The van der Waals surface area contributed by atoms with Gasteiger partial charge < -0.3 is 24.8 Å². The van der Waals surface area contributed by atoms with Crippen LogP contribution in [0, 0.1) is 5.92 Å². The molecule has 0 aromatic carbocycles. The average molecular weight is 276 g/mol. The molecule has 0 radical (unpaired) electrons. The molecule has 19 heavy (non-hydrogen) atoms. The number of nitrogens with one attached hydrogen (secondary N) is 1. The van der Waals surface area contributed by atoms with E-state index in [0.29, 0.717) is 25.6 Å². The molecule has 2 N–H and O–H groups in total. The maximum absolute atomic E-state index is 11.9. The van der Waals surface area contributed by atoms with E-state index < -0.39 is 12.1 Å². The summed E-state index contributed by atoms with van der Waals surface area (Å²) in [5, 5.41) is 11.4. The largest absolute Gasteiger partial charge is 0.479 e. The van der Waals surface area contributed by atoms with Crippen molar-refractivity contribution in [3.8, 4) is 0 Å². The van der Waals surface area contributed by atoms with E-state index in [1.165, 1.54) is 7.11 Å². The average Bonchev–Trinajstić information content (AvgIpc) is 2.34. The number of carboxylic acid groups (broad SMARTS) is 1. The third-order valence-corrected chi connectivity index (χ3v) is 2.44. The molecule has 0 aromatic rings. The molecule has 0 aliphatic heterocycles. The predicted molar refractivity (Wildman–Crippen MR) is 70.1 cm³/mol. The van der Waals surface area contributed by atoms with Crippen molar-refractivity contribution in [2.24, 2.45) is 5.92 Å². The molecule has 0 aromatic heterocycles. The summed E-state index contributed by atoms with van der Waals surface area (Å²) in [6, 6.07) is -0.311. The Bertz CT molecular complexity index is 283. The Morgan fingerprint density at radius 2 is 1.95 bits per heavy atom. The summed E-state index contributed by atoms with van der Waals surface area (Å²) in [5.41, 5.74) is 0. The number of methoxy groups -OCH3 is 2. The second-order valence-corrected chi connectivity index (χ2v) is 4.58. The quantitative estimate of drug-likeness (QED) is 0.636. The van der Waals surface area contributed by atoms with Crippen LogP contribution in [-0.4, -0.2) is 68.6 Å². The lowest BCUT2D eigenvalue weighted by atomic mass is 10.2. The van der Waals surface area contributed by atoms with E-state index >= 15 is 0 Å². The van der Waals surface area contributed by atoms with Crippen molar-refractivity contribution in [1.82, 2.24) is 10.2 Å². The Labute approximate surface area is 113 Å². The molecular weight excluding hydrogens is 252 g/mol. The molecule has 0 aliphatic rings. The van der Waals surface area contributed by atoms with E-state index in [4.69, 9.17) is 14.6 Å². The Morgan fingerprint density at radius 1 is 1.32 bits per heavy atom. The van der Waals surface area contributed by atoms with E-state index in [1.54, 1.807) is 12.0 Å². The summed E-state index contributed by atoms with van der Waals surface area (Å²) in [5.74, 6) is -0.782. The van der Waals surface area contributed by atoms with Crippen molar-refractivity contribution in [2.75, 3.05) is 40.5 Å². The minimum atomic E-state index is -1.10. The number of carbonyl (C=O) groups is 2. The highest BCUT2D eigenvalue weighted by atomic mass is 16.5. The second kappa shape index (κ2) is 9.57. The lowest BCUT2D eigenvalue weighted by molar-refractivity contribution is -0.148. The zero-order chi connectivity index (χ0) is 14.8. The second-order valence-electron chi connectivity index (χ2n) is 4.58. The summed E-state index contributed by atoms with van der Waals surface area (Å²) in [7, 11) is 2.86. The lowest BCUT2D eigenvalue weighted by Gasteiger charge is -2.25. The van der Waals surface area contributed by atoms with Crippen LogP contribution in [0.4, 0.5) is 4.79 Å². The van der Waals surface area contributed by atoms with E-state index in [0.717, 1.165) is 0 Å². The van der Waals surface area contributed by atoms with Gasteiger partial charge in [-0.05, 0) is 5.92 Å². The van der Waals surface area contributed by atoms with E-state index in [2.05, 4.69) is 5.32 Å². The number of aliphatic carboxylic acids is 1. The summed E-state index contributed by atoms with van der Waals surface area (Å²) in [4.78, 5) is 24.3. The summed E-state index contributed by atoms with van der Waals surface area (Å²) < 4.78 is 9.70. The topological polar surface area (TPSA) is 88.1 Å². The SMILES string of the molecule is COCCN(CC(C)C)C(=O)NCC(OC)C(=O)O. The number of carboxylic acids is 1. The predicted octanol–water partition coefficient (Wildman–Crippen LogP) is 0.400. The van der Waals surface area contributed by atoms with Gasteiger partial charge in [-0.1, -0.05) is 13.8 Å². The van der Waals surface area contributed by atoms with Gasteiger partial charge in [0.2, 0.25) is 0 Å². The van der Waals surface area contributed by atoms with Crippen LogP contribution >= 0.6 is 0 Å². The van der Waals surface area contributed by atoms with Gasteiger partial charge in [0.05, 0.1) is 13.2 Å². The molecule has 7 heteroatoms. The van der Waals surface area contributed by atoms with Crippen LogP contribution in [-0.2, 0) is 14.3 Å². The van der Waals surface area contributed by atoms with E-state index in [1.807, 2.05) is 13.8 Å². The molecule has 0 saturated carbocycles. The molecule has 0 rings (SSSR count). The fourth-order valence-electron chi connectivity index (χ4n) is 1.48. The van der Waals surface area contributed by atoms with Crippen LogP contribution in [0.5, 0.6) is 0 Å². The van der Waals surface area contributed by atoms with Crippen molar-refractivity contribution in [3.05, 3.63) is 0 Å². The fraction of sp³-hybridized carbons (Fsp3) is 0.833. The first-order chi connectivity index (χ1) is 8.92. The van der Waals surface area contributed by atoms with Gasteiger partial charge in [0, 0.05) is 27.3 Å². The molecule has 0 saturated heterocycles. The van der Waals surface area contributed by atoms with E-state index in [-0.39, 0.29) is 12.6 Å². The number of hydrogen-bond acceptors (Lipinski definition) is 4. The minimum absolute atomic E-state index is 0.0632. The molecule has 0 aliphatic carbocycles. The van der Waals surface area contributed by atoms with Crippen LogP contribution in [0.15, 0.2) is 0 Å². The normalized spacial score (nSPS) is 12.3. The Hall–Kier alpha value is -1.34. The zero-order valence-corrected chi connectivity index (χ0v) is 12.0. The van der Waals surface area contributed by atoms with Gasteiger partial charge in [0.1, 0.15) is 0 Å². The number of ether oxygens (including phenoxy) is 2. The molecule has 0 heterocycles. The van der Waals surface area contributed by atoms with Gasteiger partial charge in [-0.15, -0.1) is 0 Å². The minimum Gasteiger partial charge on any atom is -0.479 e. The van der Waals surface area contributed by atoms with Crippen molar-refractivity contribution < 1.29 is 24.2 Å². The van der Waals surface area contributed by atoms with Crippen molar-refractivity contribution in [1.29, 1.82) is 0 Å². The highest BCUT2D eigenvalue weighted by molar-refractivity contribution is 5.77. The smallest absolute Gasteiger partial charge is 0.334 e. The summed E-state index contributed by atoms with van der Waals surface area (Å²) in [6.45, 7) is 5.43. The number of carbonyl (C=O) groups excluding carboxylic acids is 1. The van der Waals surface area contributed by atoms with Crippen LogP contribution in [0.3, 0.4) is 0 Å². The van der Waals surface area contributed by atoms with Gasteiger partial charge in [-0.3, -0.25) is 0 Å². The number of urea groups is 1. The molecular formula is C12H24N2O5. The third kappa shape index (κ3) is 7.63. The molecule has 0 fully saturated rings. The van der Waals surface area contributed by atoms with Gasteiger partial charge in [-0.25, -0.2) is 9.59 Å². The highest BCUT2D eigenvalue weighted by Gasteiger charge is 2.20. The Balaban J connectivity index is 4.33. The number of rotatable bonds is 9. The van der Waals surface area contributed by atoms with Crippen molar-refractivity contribution in [3.63, 3.8) is 0 Å². The molecule has 2 amide bonds. The molecule has 0 spiro atoms. The fourth-order valence-corrected chi connectivity index (χ4v) is 1.48. The van der Waals surface area contributed by atoms with Crippen LogP contribution in [0.25, 0.3) is 0 Å². The highest BCUT2D eigenvalue weighted by Crippen LogP contribution is 2.00. The Kier molecular flexibility index (Phi) is 8.90. The molecule has 0 bridgehead atoms. The Morgan fingerprint density at radius 3 is 2.37 bits per heavy atom. The van der Waals surface area contributed by atoms with Crippen LogP contribution in [0.2, 0.25) is 0 Å². The maximum atomic E-state index is 11.9. The first kappa shape index (κ1) is 17.7. The maximum Gasteiger partial charge on any atom is 0.334 e. The monoisotopic (exact) mass is 276 g/mol. The van der Waals surface area contributed by atoms with Gasteiger partial charge in [-0.2, -0.15) is 0 Å². The van der Waals surface area contributed by atoms with E-state index in [9.17, 15) is 9.59 Å². The number of amides is 2. The zero-order valence-electron chi connectivity index (χ0n) is 12.0.